The van der Waals surface area contributed by atoms with Gasteiger partial charge in [0.1, 0.15) is 5.70 Å². The number of amides is 1. The van der Waals surface area contributed by atoms with E-state index in [1.807, 2.05) is 0 Å². The van der Waals surface area contributed by atoms with Crippen molar-refractivity contribution in [3.05, 3.63) is 28.4 Å². The molecule has 2 rings (SSSR count). The fourth-order valence-corrected chi connectivity index (χ4v) is 2.03. The predicted molar refractivity (Wildman–Crippen MR) is 76.1 cm³/mol. The Labute approximate surface area is 120 Å². The number of methoxy groups -OCH3 is 1. The van der Waals surface area contributed by atoms with Crippen molar-refractivity contribution in [1.29, 1.82) is 0 Å². The van der Waals surface area contributed by atoms with Crippen molar-refractivity contribution in [2.45, 2.75) is 0 Å². The summed E-state index contributed by atoms with van der Waals surface area (Å²) in [6.45, 7) is 0. The Kier molecular flexibility index (Phi) is 3.64. The summed E-state index contributed by atoms with van der Waals surface area (Å²) in [4.78, 5) is 13.2. The van der Waals surface area contributed by atoms with Crippen molar-refractivity contribution < 1.29 is 14.6 Å². The van der Waals surface area contributed by atoms with Crippen LogP contribution in [-0.2, 0) is 4.79 Å². The average Bonchev–Trinajstić information content (AvgIpc) is 2.61. The van der Waals surface area contributed by atoms with Gasteiger partial charge in [0.15, 0.2) is 16.6 Å². The number of carbonyl (C=O) groups is 1. The van der Waals surface area contributed by atoms with E-state index in [2.05, 4.69) is 5.32 Å². The highest BCUT2D eigenvalue weighted by molar-refractivity contribution is 7.80. The molecule has 5 nitrogen and oxygen atoms in total. The van der Waals surface area contributed by atoms with Crippen LogP contribution in [0, 0.1) is 0 Å². The molecular formula is C12H11ClN2O3S. The Morgan fingerprint density at radius 1 is 1.53 bits per heavy atom. The van der Waals surface area contributed by atoms with Crippen molar-refractivity contribution in [1.82, 2.24) is 10.2 Å². The molecule has 1 aromatic carbocycles. The van der Waals surface area contributed by atoms with E-state index in [9.17, 15) is 9.90 Å². The largest absolute Gasteiger partial charge is 0.503 e. The van der Waals surface area contributed by atoms with Crippen molar-refractivity contribution >= 4 is 40.9 Å². The summed E-state index contributed by atoms with van der Waals surface area (Å²) in [6, 6.07) is 3.10. The highest BCUT2D eigenvalue weighted by Gasteiger charge is 2.27. The minimum atomic E-state index is -0.229. The summed E-state index contributed by atoms with van der Waals surface area (Å²) in [6.07, 6.45) is 1.59. The fraction of sp³-hybridized carbons (Fsp3) is 0.167. The summed E-state index contributed by atoms with van der Waals surface area (Å²) in [5.74, 6) is -0.126. The number of benzene rings is 1. The van der Waals surface area contributed by atoms with Crippen LogP contribution in [-0.4, -0.2) is 35.2 Å². The van der Waals surface area contributed by atoms with Gasteiger partial charge in [-0.15, -0.1) is 0 Å². The van der Waals surface area contributed by atoms with E-state index in [1.165, 1.54) is 18.1 Å². The molecule has 1 fully saturated rings. The van der Waals surface area contributed by atoms with E-state index < -0.39 is 0 Å². The molecule has 0 aliphatic carbocycles. The first-order valence-corrected chi connectivity index (χ1v) is 6.10. The molecule has 7 heteroatoms. The number of thiocarbonyl (C=S) groups is 1. The molecule has 19 heavy (non-hydrogen) atoms. The van der Waals surface area contributed by atoms with Crippen LogP contribution in [0.4, 0.5) is 0 Å². The minimum Gasteiger partial charge on any atom is -0.503 e. The van der Waals surface area contributed by atoms with Crippen LogP contribution in [0.1, 0.15) is 5.56 Å². The Bertz CT molecular complexity index is 601. The molecule has 100 valence electrons. The summed E-state index contributed by atoms with van der Waals surface area (Å²) in [5.41, 5.74) is 0.963. The van der Waals surface area contributed by atoms with Crippen LogP contribution in [0.2, 0.25) is 5.02 Å². The molecule has 0 radical (unpaired) electrons. The Morgan fingerprint density at radius 2 is 2.21 bits per heavy atom. The van der Waals surface area contributed by atoms with E-state index in [0.29, 0.717) is 16.4 Å². The lowest BCUT2D eigenvalue weighted by Gasteiger charge is -2.06. The molecule has 1 aliphatic rings. The number of hydrogen-bond donors (Lipinski definition) is 2. The molecular weight excluding hydrogens is 288 g/mol. The third kappa shape index (κ3) is 2.50. The summed E-state index contributed by atoms with van der Waals surface area (Å²) in [5, 5.41) is 12.9. The van der Waals surface area contributed by atoms with Crippen LogP contribution in [0.5, 0.6) is 11.5 Å². The topological polar surface area (TPSA) is 61.8 Å². The smallest absolute Gasteiger partial charge is 0.276 e. The van der Waals surface area contributed by atoms with E-state index in [4.69, 9.17) is 28.6 Å². The van der Waals surface area contributed by atoms with Crippen molar-refractivity contribution in [3.8, 4) is 11.5 Å². The minimum absolute atomic E-state index is 0.135. The first kappa shape index (κ1) is 13.6. The van der Waals surface area contributed by atoms with E-state index in [0.717, 1.165) is 0 Å². The third-order valence-electron chi connectivity index (χ3n) is 2.66. The van der Waals surface area contributed by atoms with Gasteiger partial charge in [-0.1, -0.05) is 11.6 Å². The molecule has 1 saturated heterocycles. The number of rotatable bonds is 2. The van der Waals surface area contributed by atoms with Gasteiger partial charge >= 0.3 is 0 Å². The second-order valence-electron chi connectivity index (χ2n) is 3.91. The molecule has 0 saturated carbocycles. The van der Waals surface area contributed by atoms with Crippen LogP contribution >= 0.6 is 23.8 Å². The van der Waals surface area contributed by atoms with Crippen molar-refractivity contribution in [2.24, 2.45) is 0 Å². The summed E-state index contributed by atoms with van der Waals surface area (Å²) in [7, 11) is 3.01. The Hall–Kier alpha value is -1.79. The maximum atomic E-state index is 11.8. The second kappa shape index (κ2) is 5.07. The molecule has 2 N–H and O–H groups in total. The number of halogens is 1. The quantitative estimate of drug-likeness (QED) is 0.643. The zero-order valence-electron chi connectivity index (χ0n) is 10.2. The molecule has 0 aromatic heterocycles. The lowest BCUT2D eigenvalue weighted by Crippen LogP contribution is -2.25. The van der Waals surface area contributed by atoms with Crippen molar-refractivity contribution in [3.63, 3.8) is 0 Å². The maximum Gasteiger partial charge on any atom is 0.276 e. The summed E-state index contributed by atoms with van der Waals surface area (Å²) >= 11 is 10.8. The standard InChI is InChI=1S/C12H11ClN2O3S/c1-15-11(17)8(14-12(15)19)4-6-3-7(13)10(16)9(5-6)18-2/h3-5,16H,1-2H3,(H,14,19). The number of likely N-dealkylation sites (N-methyl/N-ethyl adjacent to an activating group) is 1. The zero-order valence-corrected chi connectivity index (χ0v) is 11.8. The molecule has 1 amide bonds. The third-order valence-corrected chi connectivity index (χ3v) is 3.33. The maximum absolute atomic E-state index is 11.8. The number of carbonyl (C=O) groups excluding carboxylic acids is 1. The molecule has 0 unspecified atom stereocenters. The van der Waals surface area contributed by atoms with Gasteiger partial charge in [0, 0.05) is 7.05 Å². The van der Waals surface area contributed by atoms with Crippen molar-refractivity contribution in [2.75, 3.05) is 14.2 Å². The van der Waals surface area contributed by atoms with Gasteiger partial charge in [0.2, 0.25) is 0 Å². The van der Waals surface area contributed by atoms with Gasteiger partial charge in [0.05, 0.1) is 12.1 Å². The zero-order chi connectivity index (χ0) is 14.2. The van der Waals surface area contributed by atoms with Crippen LogP contribution in [0.15, 0.2) is 17.8 Å². The Morgan fingerprint density at radius 3 is 2.74 bits per heavy atom. The molecule has 1 aliphatic heterocycles. The lowest BCUT2D eigenvalue weighted by molar-refractivity contribution is -0.121. The van der Waals surface area contributed by atoms with Gasteiger partial charge in [-0.3, -0.25) is 9.69 Å². The van der Waals surface area contributed by atoms with Gasteiger partial charge < -0.3 is 15.2 Å². The molecule has 1 aromatic rings. The fourth-order valence-electron chi connectivity index (χ4n) is 1.62. The molecule has 1 heterocycles. The summed E-state index contributed by atoms with van der Waals surface area (Å²) < 4.78 is 4.99. The number of aromatic hydroxyl groups is 1. The highest BCUT2D eigenvalue weighted by atomic mass is 35.5. The predicted octanol–water partition coefficient (Wildman–Crippen LogP) is 1.74. The number of nitrogens with one attached hydrogen (secondary N) is 1. The van der Waals surface area contributed by atoms with Gasteiger partial charge in [-0.2, -0.15) is 0 Å². The average molecular weight is 299 g/mol. The number of phenols is 1. The Balaban J connectivity index is 2.42. The van der Waals surface area contributed by atoms with Crippen LogP contribution in [0.3, 0.4) is 0 Å². The second-order valence-corrected chi connectivity index (χ2v) is 4.70. The van der Waals surface area contributed by atoms with Gasteiger partial charge in [0.25, 0.3) is 5.91 Å². The molecule has 0 atom stereocenters. The molecule has 0 spiro atoms. The monoisotopic (exact) mass is 298 g/mol. The highest BCUT2D eigenvalue weighted by Crippen LogP contribution is 2.35. The van der Waals surface area contributed by atoms with E-state index >= 15 is 0 Å². The number of nitrogens with zero attached hydrogens (tertiary/aromatic N) is 1. The lowest BCUT2D eigenvalue weighted by atomic mass is 10.1. The van der Waals surface area contributed by atoms with Crippen LogP contribution in [0.25, 0.3) is 6.08 Å². The number of phenolic OH excluding ortho intramolecular Hbond substituents is 1. The first-order chi connectivity index (χ1) is 8.93. The first-order valence-electron chi connectivity index (χ1n) is 5.31. The molecule has 0 bridgehead atoms. The van der Waals surface area contributed by atoms with Gasteiger partial charge in [-0.25, -0.2) is 0 Å². The van der Waals surface area contributed by atoms with E-state index in [1.54, 1.807) is 19.2 Å². The van der Waals surface area contributed by atoms with Gasteiger partial charge in [-0.05, 0) is 36.0 Å². The number of hydrogen-bond acceptors (Lipinski definition) is 4. The normalized spacial score (nSPS) is 17.0. The SMILES string of the molecule is COc1cc(C=C2NC(=S)N(C)C2=O)cc(Cl)c1O. The number of ether oxygens (including phenoxy) is 1. The van der Waals surface area contributed by atoms with Crippen LogP contribution < -0.4 is 10.1 Å². The van der Waals surface area contributed by atoms with E-state index in [-0.39, 0.29) is 22.4 Å².